The second-order valence-electron chi connectivity index (χ2n) is 9.39. The molecular weight excluding hydrogens is 403 g/mol. The third-order valence-corrected chi connectivity index (χ3v) is 10.3. The third kappa shape index (κ3) is 1.93. The standard InChI is InChI=1S/C19H27IO3/c1-16-8-4-13-18(11-16,10-14(16)21)9-5-12-17(2,15(22)23)6-3-7-19(12,13)20/h12-13H,3-11H2,1-2H3,(H,22,23). The molecule has 4 saturated carbocycles. The quantitative estimate of drug-likeness (QED) is 0.488. The zero-order valence-electron chi connectivity index (χ0n) is 14.2. The van der Waals surface area contributed by atoms with Crippen molar-refractivity contribution in [2.24, 2.45) is 28.1 Å². The van der Waals surface area contributed by atoms with E-state index in [1.807, 2.05) is 6.92 Å². The van der Waals surface area contributed by atoms with E-state index in [0.717, 1.165) is 57.8 Å². The number of hydrogen-bond acceptors (Lipinski definition) is 2. The Morgan fingerprint density at radius 2 is 1.83 bits per heavy atom. The van der Waals surface area contributed by atoms with Crippen molar-refractivity contribution in [3.05, 3.63) is 0 Å². The number of fused-ring (bicyclic) bond motifs is 3. The maximum absolute atomic E-state index is 12.6. The van der Waals surface area contributed by atoms with Gasteiger partial charge in [0.05, 0.1) is 5.41 Å². The lowest BCUT2D eigenvalue weighted by molar-refractivity contribution is -0.160. The predicted molar refractivity (Wildman–Crippen MR) is 96.6 cm³/mol. The number of carboxylic acid groups (broad SMARTS) is 1. The number of rotatable bonds is 1. The van der Waals surface area contributed by atoms with Crippen molar-refractivity contribution in [1.82, 2.24) is 0 Å². The Kier molecular flexibility index (Phi) is 3.36. The van der Waals surface area contributed by atoms with E-state index in [4.69, 9.17) is 0 Å². The van der Waals surface area contributed by atoms with Crippen LogP contribution in [-0.4, -0.2) is 20.3 Å². The summed E-state index contributed by atoms with van der Waals surface area (Å²) in [5.41, 5.74) is -0.482. The van der Waals surface area contributed by atoms with Gasteiger partial charge in [-0.25, -0.2) is 0 Å². The Bertz CT molecular complexity index is 589. The maximum Gasteiger partial charge on any atom is 0.309 e. The van der Waals surface area contributed by atoms with Crippen LogP contribution in [0.5, 0.6) is 0 Å². The van der Waals surface area contributed by atoms with Gasteiger partial charge in [-0.3, -0.25) is 9.59 Å². The number of carbonyl (C=O) groups is 2. The van der Waals surface area contributed by atoms with E-state index in [1.54, 1.807) is 0 Å². The number of Topliss-reactive ketones (excluding diaryl/α,β-unsaturated/α-hetero) is 1. The number of carbonyl (C=O) groups excluding carboxylic acids is 1. The van der Waals surface area contributed by atoms with E-state index in [1.165, 1.54) is 0 Å². The molecule has 0 aromatic heterocycles. The first-order chi connectivity index (χ1) is 10.7. The van der Waals surface area contributed by atoms with Gasteiger partial charge in [-0.05, 0) is 69.1 Å². The highest BCUT2D eigenvalue weighted by atomic mass is 127. The lowest BCUT2D eigenvalue weighted by Crippen LogP contribution is -2.60. The molecular formula is C19H27IO3. The molecule has 4 aliphatic carbocycles. The molecule has 0 aliphatic heterocycles. The van der Waals surface area contributed by atoms with Gasteiger partial charge < -0.3 is 5.11 Å². The fourth-order valence-corrected chi connectivity index (χ4v) is 9.43. The van der Waals surface area contributed by atoms with Gasteiger partial charge in [0.2, 0.25) is 0 Å². The largest absolute Gasteiger partial charge is 0.481 e. The summed E-state index contributed by atoms with van der Waals surface area (Å²) in [6.07, 6.45) is 8.98. The molecule has 4 heteroatoms. The second kappa shape index (κ2) is 4.73. The summed E-state index contributed by atoms with van der Waals surface area (Å²) in [5, 5.41) is 9.90. The number of halogens is 1. The van der Waals surface area contributed by atoms with E-state index in [-0.39, 0.29) is 20.2 Å². The molecule has 3 nitrogen and oxygen atoms in total. The van der Waals surface area contributed by atoms with Gasteiger partial charge in [-0.2, -0.15) is 0 Å². The minimum absolute atomic E-state index is 0.0767. The first kappa shape index (κ1) is 16.3. The van der Waals surface area contributed by atoms with Crippen molar-refractivity contribution in [2.75, 3.05) is 0 Å². The molecule has 0 aromatic carbocycles. The second-order valence-corrected chi connectivity index (χ2v) is 11.4. The van der Waals surface area contributed by atoms with Gasteiger partial charge in [-0.15, -0.1) is 0 Å². The monoisotopic (exact) mass is 430 g/mol. The van der Waals surface area contributed by atoms with Crippen molar-refractivity contribution >= 4 is 34.3 Å². The molecule has 128 valence electrons. The Morgan fingerprint density at radius 3 is 2.52 bits per heavy atom. The fraction of sp³-hybridized carbons (Fsp3) is 0.895. The van der Waals surface area contributed by atoms with E-state index >= 15 is 0 Å². The molecule has 4 rings (SSSR count). The average Bonchev–Trinajstić information content (AvgIpc) is 2.63. The highest BCUT2D eigenvalue weighted by molar-refractivity contribution is 14.1. The Balaban J connectivity index is 1.76. The number of carboxylic acids is 1. The van der Waals surface area contributed by atoms with Gasteiger partial charge >= 0.3 is 5.97 Å². The van der Waals surface area contributed by atoms with Crippen molar-refractivity contribution in [1.29, 1.82) is 0 Å². The predicted octanol–water partition coefficient (Wildman–Crippen LogP) is 4.61. The van der Waals surface area contributed by atoms with Crippen molar-refractivity contribution < 1.29 is 14.7 Å². The summed E-state index contributed by atoms with van der Waals surface area (Å²) in [4.78, 5) is 24.7. The molecule has 2 bridgehead atoms. The molecule has 4 fully saturated rings. The molecule has 0 radical (unpaired) electrons. The number of ketones is 1. The third-order valence-electron chi connectivity index (χ3n) is 8.26. The highest BCUT2D eigenvalue weighted by Crippen LogP contribution is 2.72. The summed E-state index contributed by atoms with van der Waals surface area (Å²) in [6, 6.07) is 0. The lowest BCUT2D eigenvalue weighted by Gasteiger charge is -2.62. The van der Waals surface area contributed by atoms with Crippen molar-refractivity contribution in [3.63, 3.8) is 0 Å². The normalized spacial score (nSPS) is 55.2. The lowest BCUT2D eigenvalue weighted by atomic mass is 9.46. The molecule has 6 atom stereocenters. The molecule has 0 heterocycles. The smallest absolute Gasteiger partial charge is 0.309 e. The van der Waals surface area contributed by atoms with Gasteiger partial charge in [0.1, 0.15) is 5.78 Å². The molecule has 0 aromatic rings. The van der Waals surface area contributed by atoms with Crippen LogP contribution in [0.3, 0.4) is 0 Å². The molecule has 0 saturated heterocycles. The van der Waals surface area contributed by atoms with E-state index in [9.17, 15) is 14.7 Å². The minimum Gasteiger partial charge on any atom is -0.481 e. The van der Waals surface area contributed by atoms with Crippen LogP contribution >= 0.6 is 22.6 Å². The average molecular weight is 430 g/mol. The van der Waals surface area contributed by atoms with Gasteiger partial charge in [-0.1, -0.05) is 35.9 Å². The summed E-state index contributed by atoms with van der Waals surface area (Å²) in [7, 11) is 0. The summed E-state index contributed by atoms with van der Waals surface area (Å²) >= 11 is 2.65. The van der Waals surface area contributed by atoms with E-state index in [2.05, 4.69) is 29.5 Å². The van der Waals surface area contributed by atoms with Crippen LogP contribution in [0.15, 0.2) is 0 Å². The van der Waals surface area contributed by atoms with Gasteiger partial charge in [0.15, 0.2) is 0 Å². The summed E-state index contributed by atoms with van der Waals surface area (Å²) in [6.45, 7) is 4.16. The molecule has 6 unspecified atom stereocenters. The first-order valence-electron chi connectivity index (χ1n) is 9.12. The van der Waals surface area contributed by atoms with Gasteiger partial charge in [0, 0.05) is 15.3 Å². The fourth-order valence-electron chi connectivity index (χ4n) is 7.08. The number of alkyl halides is 1. The van der Waals surface area contributed by atoms with E-state index < -0.39 is 11.4 Å². The van der Waals surface area contributed by atoms with Crippen LogP contribution in [0.25, 0.3) is 0 Å². The van der Waals surface area contributed by atoms with Crippen molar-refractivity contribution in [2.45, 2.75) is 75.1 Å². The van der Waals surface area contributed by atoms with Gasteiger partial charge in [0.25, 0.3) is 0 Å². The summed E-state index contributed by atoms with van der Waals surface area (Å²) < 4.78 is 0.0767. The number of hydrogen-bond donors (Lipinski definition) is 1. The number of aliphatic carboxylic acids is 1. The zero-order valence-corrected chi connectivity index (χ0v) is 16.3. The Morgan fingerprint density at radius 1 is 1.13 bits per heavy atom. The highest BCUT2D eigenvalue weighted by Gasteiger charge is 2.68. The van der Waals surface area contributed by atoms with Crippen LogP contribution < -0.4 is 0 Å². The summed E-state index contributed by atoms with van der Waals surface area (Å²) in [5.74, 6) is 0.669. The topological polar surface area (TPSA) is 54.4 Å². The molecule has 23 heavy (non-hydrogen) atoms. The van der Waals surface area contributed by atoms with Crippen LogP contribution in [-0.2, 0) is 9.59 Å². The molecule has 1 N–H and O–H groups in total. The molecule has 4 aliphatic rings. The Labute approximate surface area is 152 Å². The van der Waals surface area contributed by atoms with Crippen molar-refractivity contribution in [3.8, 4) is 0 Å². The van der Waals surface area contributed by atoms with Crippen LogP contribution in [0, 0.1) is 28.1 Å². The maximum atomic E-state index is 12.6. The van der Waals surface area contributed by atoms with Crippen LogP contribution in [0.1, 0.15) is 71.6 Å². The SMILES string of the molecule is CC12CCC3C(CCC4C(C)(C(=O)O)CCCC34I)(CC1=O)C2. The zero-order chi connectivity index (χ0) is 16.7. The van der Waals surface area contributed by atoms with Crippen LogP contribution in [0.2, 0.25) is 0 Å². The molecule has 1 spiro atoms. The van der Waals surface area contributed by atoms with Crippen LogP contribution in [0.4, 0.5) is 0 Å². The minimum atomic E-state index is -0.609. The molecule has 0 amide bonds. The van der Waals surface area contributed by atoms with E-state index in [0.29, 0.717) is 11.7 Å². The Hall–Kier alpha value is -0.130. The first-order valence-corrected chi connectivity index (χ1v) is 10.2.